The fourth-order valence-corrected chi connectivity index (χ4v) is 5.46. The van der Waals surface area contributed by atoms with E-state index in [9.17, 15) is 8.78 Å². The smallest absolute Gasteiger partial charge is 0.400 e. The van der Waals surface area contributed by atoms with Crippen LogP contribution in [0.25, 0.3) is 0 Å². The van der Waals surface area contributed by atoms with Crippen LogP contribution in [0.4, 0.5) is 8.78 Å². The van der Waals surface area contributed by atoms with Gasteiger partial charge in [0.05, 0.1) is 19.1 Å². The molecule has 0 N–H and O–H groups in total. The third-order valence-corrected chi connectivity index (χ3v) is 7.63. The van der Waals surface area contributed by atoms with Crippen LogP contribution in [0.5, 0.6) is 5.75 Å². The Bertz CT molecular complexity index is 653. The molecule has 0 atom stereocenters. The van der Waals surface area contributed by atoms with E-state index in [4.69, 9.17) is 14.2 Å². The molecule has 2 saturated carbocycles. The van der Waals surface area contributed by atoms with Gasteiger partial charge in [0.2, 0.25) is 0 Å². The van der Waals surface area contributed by atoms with Crippen LogP contribution in [0.15, 0.2) is 24.3 Å². The maximum Gasteiger partial charge on any atom is 0.400 e. The van der Waals surface area contributed by atoms with Crippen molar-refractivity contribution in [1.29, 1.82) is 0 Å². The molecule has 3 nitrogen and oxygen atoms in total. The minimum atomic E-state index is -3.12. The van der Waals surface area contributed by atoms with Crippen molar-refractivity contribution in [2.24, 2.45) is 23.7 Å². The van der Waals surface area contributed by atoms with E-state index in [0.717, 1.165) is 18.8 Å². The molecule has 1 aromatic carbocycles. The Morgan fingerprint density at radius 2 is 1.40 bits per heavy atom. The Balaban J connectivity index is 1.28. The second-order valence-electron chi connectivity index (χ2n) is 9.80. The molecular weight excluding hydrogens is 386 g/mol. The Morgan fingerprint density at radius 1 is 0.800 bits per heavy atom. The van der Waals surface area contributed by atoms with Gasteiger partial charge < -0.3 is 14.2 Å². The first-order valence-electron chi connectivity index (χ1n) is 11.8. The third-order valence-electron chi connectivity index (χ3n) is 7.63. The standard InChI is InChI=1S/C25H36F2O3/c1-17-3-5-19(6-4-17)20-9-13-24(14-10-20)30-25(26,27)23-11-7-21(8-12-23)22-15-28-18(2)29-16-22/h9-10,13-14,17-19,21-23H,3-8,11-12,15-16H2,1-2H3. The van der Waals surface area contributed by atoms with Crippen LogP contribution in [0.2, 0.25) is 0 Å². The van der Waals surface area contributed by atoms with E-state index < -0.39 is 12.0 Å². The minimum Gasteiger partial charge on any atom is -0.432 e. The van der Waals surface area contributed by atoms with Crippen molar-refractivity contribution in [2.45, 2.75) is 83.5 Å². The third kappa shape index (κ3) is 5.34. The van der Waals surface area contributed by atoms with Crippen molar-refractivity contribution in [3.05, 3.63) is 29.8 Å². The summed E-state index contributed by atoms with van der Waals surface area (Å²) in [6.45, 7) is 5.55. The molecule has 2 aliphatic carbocycles. The Labute approximate surface area is 179 Å². The molecule has 1 aromatic rings. The second kappa shape index (κ2) is 9.52. The van der Waals surface area contributed by atoms with Gasteiger partial charge in [0.25, 0.3) is 0 Å². The van der Waals surface area contributed by atoms with Crippen LogP contribution in [-0.4, -0.2) is 25.6 Å². The highest BCUT2D eigenvalue weighted by atomic mass is 19.3. The number of ether oxygens (including phenoxy) is 3. The Morgan fingerprint density at radius 3 is 2.00 bits per heavy atom. The van der Waals surface area contributed by atoms with Crippen LogP contribution < -0.4 is 4.74 Å². The molecule has 0 bridgehead atoms. The quantitative estimate of drug-likeness (QED) is 0.524. The largest absolute Gasteiger partial charge is 0.432 e. The highest BCUT2D eigenvalue weighted by Gasteiger charge is 2.45. The summed E-state index contributed by atoms with van der Waals surface area (Å²) in [5.41, 5.74) is 1.25. The molecule has 0 unspecified atom stereocenters. The number of halogens is 2. The molecule has 1 heterocycles. The number of hydrogen-bond donors (Lipinski definition) is 0. The summed E-state index contributed by atoms with van der Waals surface area (Å²) in [5, 5.41) is 0. The van der Waals surface area contributed by atoms with Gasteiger partial charge in [0.1, 0.15) is 5.75 Å². The maximum absolute atomic E-state index is 14.8. The molecule has 30 heavy (non-hydrogen) atoms. The predicted octanol–water partition coefficient (Wildman–Crippen LogP) is 6.77. The number of benzene rings is 1. The first kappa shape index (κ1) is 22.0. The zero-order chi connectivity index (χ0) is 21.1. The zero-order valence-electron chi connectivity index (χ0n) is 18.3. The van der Waals surface area contributed by atoms with E-state index in [1.807, 2.05) is 19.1 Å². The minimum absolute atomic E-state index is 0.150. The van der Waals surface area contributed by atoms with E-state index in [2.05, 4.69) is 6.92 Å². The molecular formula is C25H36F2O3. The monoisotopic (exact) mass is 422 g/mol. The first-order valence-corrected chi connectivity index (χ1v) is 11.8. The highest BCUT2D eigenvalue weighted by Crippen LogP contribution is 2.43. The SMILES string of the molecule is CC1CCC(c2ccc(OC(F)(F)C3CCC(C4COC(C)OC4)CC3)cc2)CC1. The van der Waals surface area contributed by atoms with Crippen molar-refractivity contribution < 1.29 is 23.0 Å². The van der Waals surface area contributed by atoms with Gasteiger partial charge in [-0.2, -0.15) is 8.78 Å². The number of hydrogen-bond acceptors (Lipinski definition) is 3. The van der Waals surface area contributed by atoms with Crippen LogP contribution in [0, 0.1) is 23.7 Å². The molecule has 0 radical (unpaired) electrons. The van der Waals surface area contributed by atoms with Crippen molar-refractivity contribution in [3.8, 4) is 5.75 Å². The Hall–Kier alpha value is -1.20. The van der Waals surface area contributed by atoms with Crippen LogP contribution >= 0.6 is 0 Å². The maximum atomic E-state index is 14.8. The molecule has 0 spiro atoms. The Kier molecular flexibility index (Phi) is 6.98. The van der Waals surface area contributed by atoms with Crippen LogP contribution in [-0.2, 0) is 9.47 Å². The number of rotatable bonds is 5. The van der Waals surface area contributed by atoms with Crippen LogP contribution in [0.3, 0.4) is 0 Å². The molecule has 1 aliphatic heterocycles. The molecule has 3 fully saturated rings. The average molecular weight is 423 g/mol. The fraction of sp³-hybridized carbons (Fsp3) is 0.760. The summed E-state index contributed by atoms with van der Waals surface area (Å²) >= 11 is 0. The van der Waals surface area contributed by atoms with Gasteiger partial charge in [0, 0.05) is 5.92 Å². The summed E-state index contributed by atoms with van der Waals surface area (Å²) in [6, 6.07) is 7.41. The van der Waals surface area contributed by atoms with Gasteiger partial charge in [-0.05, 0) is 80.9 Å². The lowest BCUT2D eigenvalue weighted by Crippen LogP contribution is -2.40. The first-order chi connectivity index (χ1) is 14.4. The lowest BCUT2D eigenvalue weighted by molar-refractivity contribution is -0.229. The predicted molar refractivity (Wildman–Crippen MR) is 113 cm³/mol. The molecule has 0 amide bonds. The van der Waals surface area contributed by atoms with Crippen molar-refractivity contribution in [1.82, 2.24) is 0 Å². The second-order valence-corrected chi connectivity index (χ2v) is 9.80. The van der Waals surface area contributed by atoms with E-state index in [0.29, 0.717) is 43.8 Å². The zero-order valence-corrected chi connectivity index (χ0v) is 18.3. The summed E-state index contributed by atoms with van der Waals surface area (Å²) in [5.74, 6) is 1.64. The van der Waals surface area contributed by atoms with E-state index >= 15 is 0 Å². The normalized spacial score (nSPS) is 35.7. The lowest BCUT2D eigenvalue weighted by Gasteiger charge is -2.38. The average Bonchev–Trinajstić information content (AvgIpc) is 2.75. The summed E-state index contributed by atoms with van der Waals surface area (Å²) in [7, 11) is 0. The molecule has 0 aromatic heterocycles. The van der Waals surface area contributed by atoms with Gasteiger partial charge in [-0.15, -0.1) is 0 Å². The highest BCUT2D eigenvalue weighted by molar-refractivity contribution is 5.30. The topological polar surface area (TPSA) is 27.7 Å². The summed E-state index contributed by atoms with van der Waals surface area (Å²) < 4.78 is 46.1. The van der Waals surface area contributed by atoms with Crippen LogP contribution in [0.1, 0.15) is 76.7 Å². The summed E-state index contributed by atoms with van der Waals surface area (Å²) in [6.07, 6.45) is 4.16. The summed E-state index contributed by atoms with van der Waals surface area (Å²) in [4.78, 5) is 0. The van der Waals surface area contributed by atoms with E-state index in [1.165, 1.54) is 31.2 Å². The van der Waals surface area contributed by atoms with E-state index in [-0.39, 0.29) is 12.0 Å². The molecule has 4 rings (SSSR count). The van der Waals surface area contributed by atoms with Gasteiger partial charge >= 0.3 is 6.11 Å². The lowest BCUT2D eigenvalue weighted by atomic mass is 9.75. The van der Waals surface area contributed by atoms with Crippen molar-refractivity contribution >= 4 is 0 Å². The van der Waals surface area contributed by atoms with Gasteiger partial charge in [-0.1, -0.05) is 31.9 Å². The van der Waals surface area contributed by atoms with E-state index in [1.54, 1.807) is 12.1 Å². The van der Waals surface area contributed by atoms with Gasteiger partial charge in [0.15, 0.2) is 6.29 Å². The fourth-order valence-electron chi connectivity index (χ4n) is 5.46. The van der Waals surface area contributed by atoms with Crippen molar-refractivity contribution in [3.63, 3.8) is 0 Å². The van der Waals surface area contributed by atoms with Gasteiger partial charge in [-0.3, -0.25) is 0 Å². The molecule has 1 saturated heterocycles. The number of alkyl halides is 2. The molecule has 168 valence electrons. The molecule has 3 aliphatic rings. The molecule has 5 heteroatoms. The van der Waals surface area contributed by atoms with Crippen molar-refractivity contribution in [2.75, 3.05) is 13.2 Å². The van der Waals surface area contributed by atoms with Gasteiger partial charge in [-0.25, -0.2) is 0 Å².